The summed E-state index contributed by atoms with van der Waals surface area (Å²) in [5.74, 6) is -0.200. The van der Waals surface area contributed by atoms with Crippen molar-refractivity contribution in [2.75, 3.05) is 26.8 Å². The highest BCUT2D eigenvalue weighted by atomic mass is 19.1. The lowest BCUT2D eigenvalue weighted by Gasteiger charge is -2.27. The molecule has 1 aromatic carbocycles. The third kappa shape index (κ3) is 2.87. The fourth-order valence-electron chi connectivity index (χ4n) is 2.91. The summed E-state index contributed by atoms with van der Waals surface area (Å²) in [5, 5.41) is 3.12. The number of carbonyl (C=O) groups is 1. The SMILES string of the molecule is COc1ccc(C2NCC(=O)N2CC2CCCO2)cc1F. The maximum Gasteiger partial charge on any atom is 0.238 e. The normalized spacial score (nSPS) is 25.6. The minimum absolute atomic E-state index is 0.0201. The topological polar surface area (TPSA) is 50.8 Å². The average molecular weight is 294 g/mol. The van der Waals surface area contributed by atoms with E-state index in [4.69, 9.17) is 9.47 Å². The van der Waals surface area contributed by atoms with Gasteiger partial charge in [0, 0.05) is 13.2 Å². The molecule has 2 fully saturated rings. The summed E-state index contributed by atoms with van der Waals surface area (Å²) in [7, 11) is 1.43. The van der Waals surface area contributed by atoms with E-state index in [1.807, 2.05) is 0 Å². The van der Waals surface area contributed by atoms with E-state index in [1.165, 1.54) is 13.2 Å². The number of halogens is 1. The molecule has 0 aromatic heterocycles. The molecule has 2 aliphatic rings. The zero-order valence-corrected chi connectivity index (χ0v) is 12.0. The largest absolute Gasteiger partial charge is 0.494 e. The summed E-state index contributed by atoms with van der Waals surface area (Å²) in [5.41, 5.74) is 0.720. The monoisotopic (exact) mass is 294 g/mol. The third-order valence-corrected chi connectivity index (χ3v) is 3.99. The Morgan fingerprint density at radius 1 is 1.52 bits per heavy atom. The Bertz CT molecular complexity index is 532. The Morgan fingerprint density at radius 3 is 3.05 bits per heavy atom. The van der Waals surface area contributed by atoms with Gasteiger partial charge >= 0.3 is 0 Å². The summed E-state index contributed by atoms with van der Waals surface area (Å²) < 4.78 is 24.4. The second kappa shape index (κ2) is 5.99. The number of rotatable bonds is 4. The van der Waals surface area contributed by atoms with E-state index in [1.54, 1.807) is 17.0 Å². The Balaban J connectivity index is 1.78. The predicted molar refractivity (Wildman–Crippen MR) is 74.4 cm³/mol. The Morgan fingerprint density at radius 2 is 2.38 bits per heavy atom. The van der Waals surface area contributed by atoms with Gasteiger partial charge in [-0.2, -0.15) is 0 Å². The van der Waals surface area contributed by atoms with Crippen LogP contribution in [0.15, 0.2) is 18.2 Å². The van der Waals surface area contributed by atoms with E-state index in [0.29, 0.717) is 6.54 Å². The lowest BCUT2D eigenvalue weighted by molar-refractivity contribution is -0.129. The van der Waals surface area contributed by atoms with Gasteiger partial charge in [-0.15, -0.1) is 0 Å². The zero-order chi connectivity index (χ0) is 14.8. The fraction of sp³-hybridized carbons (Fsp3) is 0.533. The lowest BCUT2D eigenvalue weighted by atomic mass is 10.1. The van der Waals surface area contributed by atoms with Crippen LogP contribution in [0.1, 0.15) is 24.6 Å². The van der Waals surface area contributed by atoms with Gasteiger partial charge in [-0.3, -0.25) is 10.1 Å². The van der Waals surface area contributed by atoms with Crippen LogP contribution in [0.3, 0.4) is 0 Å². The van der Waals surface area contributed by atoms with Crippen molar-refractivity contribution in [1.29, 1.82) is 0 Å². The Hall–Kier alpha value is -1.66. The van der Waals surface area contributed by atoms with Gasteiger partial charge in [-0.05, 0) is 30.5 Å². The number of ether oxygens (including phenoxy) is 2. The van der Waals surface area contributed by atoms with Crippen molar-refractivity contribution in [2.45, 2.75) is 25.1 Å². The summed E-state index contributed by atoms with van der Waals surface area (Å²) in [6.45, 7) is 1.57. The molecule has 5 nitrogen and oxygen atoms in total. The molecule has 2 saturated heterocycles. The molecule has 2 heterocycles. The lowest BCUT2D eigenvalue weighted by Crippen LogP contribution is -2.36. The van der Waals surface area contributed by atoms with Gasteiger partial charge < -0.3 is 14.4 Å². The molecule has 1 amide bonds. The molecule has 2 atom stereocenters. The van der Waals surface area contributed by atoms with Crippen LogP contribution < -0.4 is 10.1 Å². The molecular weight excluding hydrogens is 275 g/mol. The van der Waals surface area contributed by atoms with E-state index in [2.05, 4.69) is 5.32 Å². The molecule has 3 rings (SSSR count). The Labute approximate surface area is 123 Å². The molecule has 6 heteroatoms. The number of amides is 1. The Kier molecular flexibility index (Phi) is 4.07. The van der Waals surface area contributed by atoms with Crippen molar-refractivity contribution >= 4 is 5.91 Å². The summed E-state index contributed by atoms with van der Waals surface area (Å²) >= 11 is 0. The van der Waals surface area contributed by atoms with Gasteiger partial charge in [-0.1, -0.05) is 6.07 Å². The van der Waals surface area contributed by atoms with E-state index in [-0.39, 0.29) is 30.5 Å². The van der Waals surface area contributed by atoms with Gasteiger partial charge in [0.1, 0.15) is 6.17 Å². The first kappa shape index (κ1) is 14.3. The first-order valence-corrected chi connectivity index (χ1v) is 7.17. The standard InChI is InChI=1S/C15H19FN2O3/c1-20-13-5-4-10(7-12(13)16)15-17-8-14(19)18(15)9-11-3-2-6-21-11/h4-5,7,11,15,17H,2-3,6,8-9H2,1H3. The molecule has 0 aliphatic carbocycles. The van der Waals surface area contributed by atoms with Crippen LogP contribution in [0.4, 0.5) is 4.39 Å². The molecule has 1 aromatic rings. The van der Waals surface area contributed by atoms with Crippen molar-refractivity contribution < 1.29 is 18.7 Å². The number of nitrogens with zero attached hydrogens (tertiary/aromatic N) is 1. The molecule has 2 unspecified atom stereocenters. The summed E-state index contributed by atoms with van der Waals surface area (Å²) in [6, 6.07) is 4.78. The van der Waals surface area contributed by atoms with Crippen LogP contribution >= 0.6 is 0 Å². The van der Waals surface area contributed by atoms with Crippen molar-refractivity contribution in [3.63, 3.8) is 0 Å². The second-order valence-electron chi connectivity index (χ2n) is 5.36. The second-order valence-corrected chi connectivity index (χ2v) is 5.36. The molecule has 0 saturated carbocycles. The first-order valence-electron chi connectivity index (χ1n) is 7.17. The number of hydrogen-bond donors (Lipinski definition) is 1. The molecule has 2 aliphatic heterocycles. The molecule has 0 radical (unpaired) electrons. The highest BCUT2D eigenvalue weighted by molar-refractivity contribution is 5.81. The number of hydrogen-bond acceptors (Lipinski definition) is 4. The third-order valence-electron chi connectivity index (χ3n) is 3.99. The van der Waals surface area contributed by atoms with Crippen molar-refractivity contribution in [1.82, 2.24) is 10.2 Å². The van der Waals surface area contributed by atoms with Crippen molar-refractivity contribution in [2.24, 2.45) is 0 Å². The number of methoxy groups -OCH3 is 1. The van der Waals surface area contributed by atoms with Crippen LogP contribution in [0.25, 0.3) is 0 Å². The van der Waals surface area contributed by atoms with E-state index in [0.717, 1.165) is 25.0 Å². The van der Waals surface area contributed by atoms with Crippen molar-refractivity contribution in [3.05, 3.63) is 29.6 Å². The van der Waals surface area contributed by atoms with Crippen LogP contribution in [0, 0.1) is 5.82 Å². The van der Waals surface area contributed by atoms with Gasteiger partial charge in [0.2, 0.25) is 5.91 Å². The summed E-state index contributed by atoms with van der Waals surface area (Å²) in [4.78, 5) is 13.8. The highest BCUT2D eigenvalue weighted by Crippen LogP contribution is 2.28. The zero-order valence-electron chi connectivity index (χ0n) is 12.0. The van der Waals surface area contributed by atoms with E-state index >= 15 is 0 Å². The maximum atomic E-state index is 13.9. The smallest absolute Gasteiger partial charge is 0.238 e. The van der Waals surface area contributed by atoms with Gasteiger partial charge in [-0.25, -0.2) is 4.39 Å². The molecular formula is C15H19FN2O3. The predicted octanol–water partition coefficient (Wildman–Crippen LogP) is 1.44. The number of benzene rings is 1. The van der Waals surface area contributed by atoms with Gasteiger partial charge in [0.15, 0.2) is 11.6 Å². The van der Waals surface area contributed by atoms with E-state index < -0.39 is 5.82 Å². The number of nitrogens with one attached hydrogen (secondary N) is 1. The highest BCUT2D eigenvalue weighted by Gasteiger charge is 2.34. The molecule has 0 bridgehead atoms. The average Bonchev–Trinajstić information content (AvgIpc) is 3.11. The summed E-state index contributed by atoms with van der Waals surface area (Å²) in [6.07, 6.45) is 1.77. The fourth-order valence-corrected chi connectivity index (χ4v) is 2.91. The van der Waals surface area contributed by atoms with Gasteiger partial charge in [0.05, 0.1) is 19.8 Å². The van der Waals surface area contributed by atoms with Crippen LogP contribution in [0.2, 0.25) is 0 Å². The van der Waals surface area contributed by atoms with Crippen LogP contribution in [-0.2, 0) is 9.53 Å². The first-order chi connectivity index (χ1) is 10.2. The minimum Gasteiger partial charge on any atom is -0.494 e. The van der Waals surface area contributed by atoms with Crippen molar-refractivity contribution in [3.8, 4) is 5.75 Å². The minimum atomic E-state index is -0.423. The van der Waals surface area contributed by atoms with Gasteiger partial charge in [0.25, 0.3) is 0 Å². The quantitative estimate of drug-likeness (QED) is 0.913. The van der Waals surface area contributed by atoms with Crippen LogP contribution in [0.5, 0.6) is 5.75 Å². The number of carbonyl (C=O) groups excluding carboxylic acids is 1. The van der Waals surface area contributed by atoms with E-state index in [9.17, 15) is 9.18 Å². The molecule has 21 heavy (non-hydrogen) atoms. The maximum absolute atomic E-state index is 13.9. The molecule has 1 N–H and O–H groups in total. The molecule has 114 valence electrons. The molecule has 0 spiro atoms. The van der Waals surface area contributed by atoms with Crippen LogP contribution in [-0.4, -0.2) is 43.7 Å².